The Morgan fingerprint density at radius 3 is 2.36 bits per heavy atom. The van der Waals surface area contributed by atoms with Gasteiger partial charge in [-0.2, -0.15) is 4.31 Å². The van der Waals surface area contributed by atoms with Crippen LogP contribution in [-0.4, -0.2) is 44.3 Å². The molecule has 7 nitrogen and oxygen atoms in total. The molecule has 3 rings (SSSR count). The minimum absolute atomic E-state index is 0.113. The molecule has 0 spiro atoms. The number of piperidine rings is 1. The first kappa shape index (κ1) is 24.9. The van der Waals surface area contributed by atoms with E-state index in [1.807, 2.05) is 32.0 Å². The summed E-state index contributed by atoms with van der Waals surface area (Å²) in [6.45, 7) is 9.88. The number of carbonyl (C=O) groups is 2. The molecule has 178 valence electrons. The van der Waals surface area contributed by atoms with Gasteiger partial charge in [-0.05, 0) is 86.9 Å². The van der Waals surface area contributed by atoms with E-state index in [9.17, 15) is 18.0 Å². The van der Waals surface area contributed by atoms with Crippen LogP contribution in [0.5, 0.6) is 0 Å². The fraction of sp³-hybridized carbons (Fsp3) is 0.440. The van der Waals surface area contributed by atoms with E-state index in [0.717, 1.165) is 24.0 Å². The molecule has 2 aromatic rings. The summed E-state index contributed by atoms with van der Waals surface area (Å²) < 4.78 is 33.2. The van der Waals surface area contributed by atoms with Gasteiger partial charge in [0.1, 0.15) is 0 Å². The summed E-state index contributed by atoms with van der Waals surface area (Å²) in [6.07, 6.45) is 1.63. The van der Waals surface area contributed by atoms with Crippen molar-refractivity contribution in [3.63, 3.8) is 0 Å². The van der Waals surface area contributed by atoms with Crippen LogP contribution in [-0.2, 0) is 19.6 Å². The molecule has 0 saturated carbocycles. The molecule has 1 saturated heterocycles. The van der Waals surface area contributed by atoms with Gasteiger partial charge in [-0.25, -0.2) is 13.2 Å². The van der Waals surface area contributed by atoms with Crippen molar-refractivity contribution in [2.24, 2.45) is 5.92 Å². The maximum atomic E-state index is 13.3. The van der Waals surface area contributed by atoms with Gasteiger partial charge in [0.05, 0.1) is 10.5 Å². The Kier molecular flexibility index (Phi) is 7.59. The van der Waals surface area contributed by atoms with Crippen molar-refractivity contribution >= 4 is 27.6 Å². The quantitative estimate of drug-likeness (QED) is 0.638. The van der Waals surface area contributed by atoms with Gasteiger partial charge in [0.25, 0.3) is 5.91 Å². The number of nitrogens with one attached hydrogen (secondary N) is 1. The highest BCUT2D eigenvalue weighted by Gasteiger charge is 2.30. The summed E-state index contributed by atoms with van der Waals surface area (Å²) >= 11 is 0. The topological polar surface area (TPSA) is 92.8 Å². The van der Waals surface area contributed by atoms with E-state index in [1.54, 1.807) is 19.9 Å². The molecule has 8 heteroatoms. The van der Waals surface area contributed by atoms with Crippen molar-refractivity contribution in [2.45, 2.75) is 52.4 Å². The summed E-state index contributed by atoms with van der Waals surface area (Å²) in [4.78, 5) is 25.1. The van der Waals surface area contributed by atoms with E-state index in [2.05, 4.69) is 12.2 Å². The lowest BCUT2D eigenvalue weighted by atomic mass is 10.0. The Labute approximate surface area is 196 Å². The number of anilines is 1. The Hall–Kier alpha value is -2.71. The van der Waals surface area contributed by atoms with Crippen LogP contribution in [0.25, 0.3) is 0 Å². The summed E-state index contributed by atoms with van der Waals surface area (Å²) in [5.41, 5.74) is 3.95. The van der Waals surface area contributed by atoms with Crippen LogP contribution in [0.2, 0.25) is 0 Å². The fourth-order valence-electron chi connectivity index (χ4n) is 3.85. The number of carbonyl (C=O) groups excluding carboxylic acids is 2. The number of rotatable bonds is 6. The number of aryl methyl sites for hydroxylation is 3. The van der Waals surface area contributed by atoms with Gasteiger partial charge in [-0.1, -0.05) is 19.1 Å². The molecule has 0 unspecified atom stereocenters. The Morgan fingerprint density at radius 2 is 1.70 bits per heavy atom. The van der Waals surface area contributed by atoms with Crippen LogP contribution in [0.4, 0.5) is 5.69 Å². The van der Waals surface area contributed by atoms with Crippen LogP contribution in [0.15, 0.2) is 35.2 Å². The zero-order valence-corrected chi connectivity index (χ0v) is 20.7. The van der Waals surface area contributed by atoms with E-state index in [1.165, 1.54) is 10.4 Å². The predicted octanol–water partition coefficient (Wildman–Crippen LogP) is 4.14. The molecular weight excluding hydrogens is 440 g/mol. The van der Waals surface area contributed by atoms with Gasteiger partial charge in [0.15, 0.2) is 6.61 Å². The van der Waals surface area contributed by atoms with Gasteiger partial charge in [0.2, 0.25) is 10.0 Å². The number of nitrogens with zero attached hydrogens (tertiary/aromatic N) is 1. The third-order valence-corrected chi connectivity index (χ3v) is 8.24. The lowest BCUT2D eigenvalue weighted by Gasteiger charge is -2.30. The maximum Gasteiger partial charge on any atom is 0.338 e. The normalized spacial score (nSPS) is 15.3. The number of esters is 1. The van der Waals surface area contributed by atoms with Gasteiger partial charge < -0.3 is 10.1 Å². The van der Waals surface area contributed by atoms with Gasteiger partial charge in [-0.3, -0.25) is 4.79 Å². The molecule has 1 fully saturated rings. The first-order valence-corrected chi connectivity index (χ1v) is 12.6. The number of hydrogen-bond donors (Lipinski definition) is 1. The molecule has 0 radical (unpaired) electrons. The molecule has 1 heterocycles. The van der Waals surface area contributed by atoms with E-state index in [4.69, 9.17) is 4.74 Å². The first-order chi connectivity index (χ1) is 15.5. The van der Waals surface area contributed by atoms with Crippen LogP contribution in [0.3, 0.4) is 0 Å². The second-order valence-electron chi connectivity index (χ2n) is 8.95. The number of ether oxygens (including phenoxy) is 1. The monoisotopic (exact) mass is 472 g/mol. The summed E-state index contributed by atoms with van der Waals surface area (Å²) in [7, 11) is -3.73. The Bertz CT molecular complexity index is 1170. The van der Waals surface area contributed by atoms with E-state index >= 15 is 0 Å². The molecule has 33 heavy (non-hydrogen) atoms. The van der Waals surface area contributed by atoms with Crippen LogP contribution in [0.1, 0.15) is 52.4 Å². The van der Waals surface area contributed by atoms with Crippen LogP contribution < -0.4 is 5.32 Å². The summed E-state index contributed by atoms with van der Waals surface area (Å²) in [6, 6.07) is 8.65. The van der Waals surface area contributed by atoms with E-state index in [-0.39, 0.29) is 10.5 Å². The second kappa shape index (κ2) is 10.1. The van der Waals surface area contributed by atoms with E-state index in [0.29, 0.717) is 35.8 Å². The van der Waals surface area contributed by atoms with Crippen molar-refractivity contribution in [2.75, 3.05) is 25.0 Å². The number of sulfonamides is 1. The summed E-state index contributed by atoms with van der Waals surface area (Å²) in [5, 5.41) is 2.74. The number of amides is 1. The molecule has 1 N–H and O–H groups in total. The minimum atomic E-state index is -3.73. The fourth-order valence-corrected chi connectivity index (χ4v) is 5.64. The van der Waals surface area contributed by atoms with Gasteiger partial charge >= 0.3 is 5.97 Å². The van der Waals surface area contributed by atoms with Gasteiger partial charge in [-0.15, -0.1) is 0 Å². The van der Waals surface area contributed by atoms with Crippen molar-refractivity contribution in [1.82, 2.24) is 4.31 Å². The molecule has 1 aliphatic heterocycles. The lowest BCUT2D eigenvalue weighted by molar-refractivity contribution is -0.119. The second-order valence-corrected chi connectivity index (χ2v) is 10.9. The number of hydrogen-bond acceptors (Lipinski definition) is 5. The van der Waals surface area contributed by atoms with Gasteiger partial charge in [0, 0.05) is 18.8 Å². The molecule has 0 aliphatic carbocycles. The number of benzene rings is 2. The van der Waals surface area contributed by atoms with Crippen LogP contribution in [0, 0.1) is 33.6 Å². The molecule has 1 aliphatic rings. The minimum Gasteiger partial charge on any atom is -0.452 e. The molecular formula is C25H32N2O5S. The highest BCUT2D eigenvalue weighted by Crippen LogP contribution is 2.28. The first-order valence-electron chi connectivity index (χ1n) is 11.1. The zero-order chi connectivity index (χ0) is 24.3. The highest BCUT2D eigenvalue weighted by atomic mass is 32.2. The third kappa shape index (κ3) is 5.81. The van der Waals surface area contributed by atoms with Crippen molar-refractivity contribution in [3.8, 4) is 0 Å². The standard InChI is InChI=1S/C25H32N2O5S/c1-16-8-10-27(11-9-16)33(30,31)23-14-21(13-19(4)20(23)5)25(29)32-15-24(28)26-22-12-17(2)6-7-18(22)3/h6-7,12-14,16H,8-11,15H2,1-5H3,(H,26,28). The smallest absolute Gasteiger partial charge is 0.338 e. The molecule has 2 aromatic carbocycles. The Balaban J connectivity index is 1.74. The molecule has 0 aromatic heterocycles. The van der Waals surface area contributed by atoms with Crippen molar-refractivity contribution in [3.05, 3.63) is 58.1 Å². The lowest BCUT2D eigenvalue weighted by Crippen LogP contribution is -2.38. The Morgan fingerprint density at radius 1 is 1.03 bits per heavy atom. The predicted molar refractivity (Wildman–Crippen MR) is 128 cm³/mol. The maximum absolute atomic E-state index is 13.3. The average molecular weight is 473 g/mol. The zero-order valence-electron chi connectivity index (χ0n) is 19.9. The van der Waals surface area contributed by atoms with Crippen molar-refractivity contribution < 1.29 is 22.7 Å². The van der Waals surface area contributed by atoms with E-state index < -0.39 is 28.5 Å². The van der Waals surface area contributed by atoms with Crippen molar-refractivity contribution in [1.29, 1.82) is 0 Å². The largest absolute Gasteiger partial charge is 0.452 e. The third-order valence-electron chi connectivity index (χ3n) is 6.22. The molecule has 0 atom stereocenters. The SMILES string of the molecule is Cc1ccc(C)c(NC(=O)COC(=O)c2cc(C)c(C)c(S(=O)(=O)N3CCC(C)CC3)c2)c1. The highest BCUT2D eigenvalue weighted by molar-refractivity contribution is 7.89. The summed E-state index contributed by atoms with van der Waals surface area (Å²) in [5.74, 6) is -0.704. The van der Waals surface area contributed by atoms with Crippen LogP contribution >= 0.6 is 0 Å². The molecule has 1 amide bonds. The average Bonchev–Trinajstić information content (AvgIpc) is 2.76. The molecule has 0 bridgehead atoms.